The van der Waals surface area contributed by atoms with Crippen LogP contribution in [0.3, 0.4) is 0 Å². The topological polar surface area (TPSA) is 12.5 Å². The Hall–Kier alpha value is -0.0900. The van der Waals surface area contributed by atoms with Gasteiger partial charge >= 0.3 is 0 Å². The Morgan fingerprint density at radius 2 is 2.20 bits per heavy atom. The van der Waals surface area contributed by atoms with Crippen LogP contribution in [0.1, 0.15) is 18.7 Å². The quantitative estimate of drug-likeness (QED) is 0.686. The van der Waals surface area contributed by atoms with Crippen molar-refractivity contribution >= 4 is 22.9 Å². The lowest BCUT2D eigenvalue weighted by Crippen LogP contribution is -2.26. The second-order valence-electron chi connectivity index (χ2n) is 3.27. The maximum atomic E-state index is 5.89. The number of thiophene rings is 1. The van der Waals surface area contributed by atoms with Crippen LogP contribution in [0.4, 0.5) is 0 Å². The first-order valence-electron chi connectivity index (χ1n) is 5.30. The minimum atomic E-state index is 0.794. The van der Waals surface area contributed by atoms with E-state index in [-0.39, 0.29) is 0 Å². The molecule has 0 aromatic carbocycles. The lowest BCUT2D eigenvalue weighted by Gasteiger charge is -2.19. The summed E-state index contributed by atoms with van der Waals surface area (Å²) >= 11 is 7.54. The first-order chi connectivity index (χ1) is 7.26. The molecule has 1 rings (SSSR count). The van der Waals surface area contributed by atoms with E-state index in [1.165, 1.54) is 4.88 Å². The predicted octanol–water partition coefficient (Wildman–Crippen LogP) is 3.26. The van der Waals surface area contributed by atoms with E-state index in [4.69, 9.17) is 16.3 Å². The number of nitrogens with zero attached hydrogens (tertiary/aromatic N) is 1. The Kier molecular flexibility index (Phi) is 6.25. The van der Waals surface area contributed by atoms with Crippen LogP contribution >= 0.6 is 22.9 Å². The molecular weight excluding hydrogens is 230 g/mol. The molecule has 0 saturated heterocycles. The van der Waals surface area contributed by atoms with Crippen LogP contribution in [0, 0.1) is 0 Å². The second kappa shape index (κ2) is 7.23. The summed E-state index contributed by atoms with van der Waals surface area (Å²) in [7, 11) is 0. The van der Waals surface area contributed by atoms with E-state index in [0.717, 1.165) is 37.2 Å². The molecule has 0 bridgehead atoms. The minimum Gasteiger partial charge on any atom is -0.380 e. The molecule has 1 aromatic rings. The SMILES string of the molecule is CCOCCN(CC)Cc1ccc(Cl)s1. The highest BCUT2D eigenvalue weighted by Gasteiger charge is 2.05. The maximum Gasteiger partial charge on any atom is 0.0931 e. The molecule has 0 saturated carbocycles. The number of halogens is 1. The van der Waals surface area contributed by atoms with Gasteiger partial charge in [0.05, 0.1) is 10.9 Å². The van der Waals surface area contributed by atoms with Gasteiger partial charge in [-0.15, -0.1) is 11.3 Å². The molecule has 1 heterocycles. The minimum absolute atomic E-state index is 0.794. The second-order valence-corrected chi connectivity index (χ2v) is 5.07. The van der Waals surface area contributed by atoms with Crippen molar-refractivity contribution in [3.63, 3.8) is 0 Å². The summed E-state index contributed by atoms with van der Waals surface area (Å²) in [6, 6.07) is 4.05. The fraction of sp³-hybridized carbons (Fsp3) is 0.636. The molecule has 86 valence electrons. The molecule has 15 heavy (non-hydrogen) atoms. The molecule has 0 unspecified atom stereocenters. The molecule has 0 spiro atoms. The first kappa shape index (κ1) is 13.0. The van der Waals surface area contributed by atoms with Crippen molar-refractivity contribution in [3.05, 3.63) is 21.3 Å². The van der Waals surface area contributed by atoms with Crippen LogP contribution < -0.4 is 0 Å². The van der Waals surface area contributed by atoms with Crippen molar-refractivity contribution in [1.29, 1.82) is 0 Å². The smallest absolute Gasteiger partial charge is 0.0931 e. The average Bonchev–Trinajstić information content (AvgIpc) is 2.63. The number of ether oxygens (including phenoxy) is 1. The van der Waals surface area contributed by atoms with Gasteiger partial charge in [0, 0.05) is 24.6 Å². The number of hydrogen-bond donors (Lipinski definition) is 0. The summed E-state index contributed by atoms with van der Waals surface area (Å²) in [6.45, 7) is 8.80. The van der Waals surface area contributed by atoms with Gasteiger partial charge in [0.1, 0.15) is 0 Å². The molecule has 0 atom stereocenters. The van der Waals surface area contributed by atoms with Crippen molar-refractivity contribution in [2.45, 2.75) is 20.4 Å². The van der Waals surface area contributed by atoms with E-state index >= 15 is 0 Å². The molecule has 0 aliphatic carbocycles. The third-order valence-corrected chi connectivity index (χ3v) is 3.43. The van der Waals surface area contributed by atoms with Crippen molar-refractivity contribution in [3.8, 4) is 0 Å². The van der Waals surface area contributed by atoms with Gasteiger partial charge in [-0.3, -0.25) is 4.90 Å². The van der Waals surface area contributed by atoms with Crippen LogP contribution in [0.5, 0.6) is 0 Å². The summed E-state index contributed by atoms with van der Waals surface area (Å²) in [5, 5.41) is 0. The standard InChI is InChI=1S/C11H18ClNOS/c1-3-13(7-8-14-4-2)9-10-5-6-11(12)15-10/h5-6H,3-4,7-9H2,1-2H3. The van der Waals surface area contributed by atoms with Gasteiger partial charge in [-0.05, 0) is 25.6 Å². The third-order valence-electron chi connectivity index (χ3n) is 2.21. The van der Waals surface area contributed by atoms with E-state index in [2.05, 4.69) is 17.9 Å². The fourth-order valence-electron chi connectivity index (χ4n) is 1.34. The number of likely N-dealkylation sites (N-methyl/N-ethyl adjacent to an activating group) is 1. The summed E-state index contributed by atoms with van der Waals surface area (Å²) in [5.41, 5.74) is 0. The normalized spacial score (nSPS) is 11.2. The van der Waals surface area contributed by atoms with Crippen LogP contribution in [-0.2, 0) is 11.3 Å². The highest BCUT2D eigenvalue weighted by atomic mass is 35.5. The van der Waals surface area contributed by atoms with Gasteiger partial charge in [0.15, 0.2) is 0 Å². The zero-order valence-electron chi connectivity index (χ0n) is 9.33. The predicted molar refractivity (Wildman–Crippen MR) is 66.8 cm³/mol. The summed E-state index contributed by atoms with van der Waals surface area (Å²) in [6.07, 6.45) is 0. The molecule has 2 nitrogen and oxygen atoms in total. The van der Waals surface area contributed by atoms with Crippen LogP contribution in [0.25, 0.3) is 0 Å². The number of rotatable bonds is 7. The van der Waals surface area contributed by atoms with E-state index in [0.29, 0.717) is 0 Å². The van der Waals surface area contributed by atoms with Crippen LogP contribution in [0.15, 0.2) is 12.1 Å². The van der Waals surface area contributed by atoms with E-state index in [9.17, 15) is 0 Å². The molecule has 0 amide bonds. The fourth-order valence-corrected chi connectivity index (χ4v) is 2.47. The Balaban J connectivity index is 2.33. The molecule has 0 fully saturated rings. The van der Waals surface area contributed by atoms with Gasteiger partial charge in [0.2, 0.25) is 0 Å². The zero-order chi connectivity index (χ0) is 11.1. The molecule has 4 heteroatoms. The molecule has 0 N–H and O–H groups in total. The Morgan fingerprint density at radius 1 is 1.40 bits per heavy atom. The largest absolute Gasteiger partial charge is 0.380 e. The van der Waals surface area contributed by atoms with E-state index < -0.39 is 0 Å². The van der Waals surface area contributed by atoms with Gasteiger partial charge in [-0.2, -0.15) is 0 Å². The molecule has 0 aliphatic rings. The highest BCUT2D eigenvalue weighted by Crippen LogP contribution is 2.22. The highest BCUT2D eigenvalue weighted by molar-refractivity contribution is 7.16. The Morgan fingerprint density at radius 3 is 2.73 bits per heavy atom. The van der Waals surface area contributed by atoms with Crippen molar-refractivity contribution in [1.82, 2.24) is 4.90 Å². The molecule has 0 aliphatic heterocycles. The van der Waals surface area contributed by atoms with E-state index in [1.807, 2.05) is 13.0 Å². The Labute approximate surface area is 101 Å². The number of hydrogen-bond acceptors (Lipinski definition) is 3. The average molecular weight is 248 g/mol. The zero-order valence-corrected chi connectivity index (χ0v) is 10.9. The van der Waals surface area contributed by atoms with Gasteiger partial charge < -0.3 is 4.74 Å². The van der Waals surface area contributed by atoms with Crippen molar-refractivity contribution in [2.75, 3.05) is 26.3 Å². The maximum absolute atomic E-state index is 5.89. The molecule has 1 aromatic heterocycles. The van der Waals surface area contributed by atoms with Gasteiger partial charge in [-0.25, -0.2) is 0 Å². The summed E-state index contributed by atoms with van der Waals surface area (Å²) < 4.78 is 6.21. The van der Waals surface area contributed by atoms with Crippen LogP contribution in [-0.4, -0.2) is 31.2 Å². The molecule has 0 radical (unpaired) electrons. The van der Waals surface area contributed by atoms with E-state index in [1.54, 1.807) is 11.3 Å². The Bertz CT molecular complexity index is 277. The van der Waals surface area contributed by atoms with Crippen LogP contribution in [0.2, 0.25) is 4.34 Å². The van der Waals surface area contributed by atoms with Gasteiger partial charge in [-0.1, -0.05) is 18.5 Å². The lowest BCUT2D eigenvalue weighted by molar-refractivity contribution is 0.113. The lowest BCUT2D eigenvalue weighted by atomic mass is 10.4. The molecular formula is C11H18ClNOS. The van der Waals surface area contributed by atoms with Crippen molar-refractivity contribution in [2.24, 2.45) is 0 Å². The summed E-state index contributed by atoms with van der Waals surface area (Å²) in [5.74, 6) is 0. The van der Waals surface area contributed by atoms with Crippen molar-refractivity contribution < 1.29 is 4.74 Å². The first-order valence-corrected chi connectivity index (χ1v) is 6.50. The van der Waals surface area contributed by atoms with Gasteiger partial charge in [0.25, 0.3) is 0 Å². The summed E-state index contributed by atoms with van der Waals surface area (Å²) in [4.78, 5) is 3.68. The monoisotopic (exact) mass is 247 g/mol. The third kappa shape index (κ3) is 4.98.